The van der Waals surface area contributed by atoms with Crippen molar-refractivity contribution in [3.8, 4) is 11.5 Å². The smallest absolute Gasteiger partial charge is 0.417 e. The van der Waals surface area contributed by atoms with Crippen molar-refractivity contribution in [2.75, 3.05) is 6.61 Å². The first-order valence-electron chi connectivity index (χ1n) is 13.0. The van der Waals surface area contributed by atoms with Crippen molar-refractivity contribution in [1.29, 1.82) is 0 Å². The van der Waals surface area contributed by atoms with E-state index in [9.17, 15) is 35.9 Å². The van der Waals surface area contributed by atoms with E-state index in [2.05, 4.69) is 5.32 Å². The van der Waals surface area contributed by atoms with Crippen molar-refractivity contribution in [2.24, 2.45) is 0 Å². The highest BCUT2D eigenvalue weighted by Gasteiger charge is 2.40. The molecule has 11 heteroatoms. The molecule has 0 heterocycles. The Hall–Kier alpha value is -4.64. The number of alkyl halides is 6. The SMILES string of the molecule is O=C(NC(COCc1ccccc1)C(=O)Cc1ccc(Oc2ccccc2)cc1)c1ccc(C(F)(F)F)cc1C(F)(F)F. The Bertz CT molecular complexity index is 1520. The average molecular weight is 602 g/mol. The first kappa shape index (κ1) is 31.3. The van der Waals surface area contributed by atoms with E-state index in [0.717, 1.165) is 5.56 Å². The predicted molar refractivity (Wildman–Crippen MR) is 145 cm³/mol. The van der Waals surface area contributed by atoms with Gasteiger partial charge in [0.05, 0.1) is 29.9 Å². The van der Waals surface area contributed by atoms with E-state index in [4.69, 9.17) is 9.47 Å². The Kier molecular flexibility index (Phi) is 9.87. The Morgan fingerprint density at radius 3 is 1.91 bits per heavy atom. The van der Waals surface area contributed by atoms with Gasteiger partial charge in [-0.3, -0.25) is 9.59 Å². The van der Waals surface area contributed by atoms with Gasteiger partial charge in [0.15, 0.2) is 5.78 Å². The van der Waals surface area contributed by atoms with Crippen LogP contribution in [-0.4, -0.2) is 24.3 Å². The second-order valence-corrected chi connectivity index (χ2v) is 9.48. The minimum atomic E-state index is -5.26. The van der Waals surface area contributed by atoms with Crippen molar-refractivity contribution in [1.82, 2.24) is 5.32 Å². The van der Waals surface area contributed by atoms with Crippen LogP contribution in [0.15, 0.2) is 103 Å². The fraction of sp³-hybridized carbons (Fsp3) is 0.188. The van der Waals surface area contributed by atoms with E-state index >= 15 is 0 Å². The number of hydrogen-bond acceptors (Lipinski definition) is 4. The lowest BCUT2D eigenvalue weighted by molar-refractivity contribution is -0.143. The van der Waals surface area contributed by atoms with Crippen molar-refractivity contribution in [3.63, 3.8) is 0 Å². The Balaban J connectivity index is 1.52. The Morgan fingerprint density at radius 2 is 1.30 bits per heavy atom. The van der Waals surface area contributed by atoms with Crippen LogP contribution in [0, 0.1) is 0 Å². The highest BCUT2D eigenvalue weighted by molar-refractivity contribution is 5.99. The van der Waals surface area contributed by atoms with Crippen LogP contribution in [0.4, 0.5) is 26.3 Å². The fourth-order valence-electron chi connectivity index (χ4n) is 4.10. The van der Waals surface area contributed by atoms with E-state index in [0.29, 0.717) is 29.2 Å². The maximum Gasteiger partial charge on any atom is 0.417 e. The molecule has 43 heavy (non-hydrogen) atoms. The maximum atomic E-state index is 13.7. The van der Waals surface area contributed by atoms with Gasteiger partial charge >= 0.3 is 12.4 Å². The van der Waals surface area contributed by atoms with E-state index in [1.807, 2.05) is 6.07 Å². The van der Waals surface area contributed by atoms with Crippen molar-refractivity contribution in [3.05, 3.63) is 131 Å². The molecule has 0 saturated carbocycles. The van der Waals surface area contributed by atoms with Crippen LogP contribution < -0.4 is 10.1 Å². The highest BCUT2D eigenvalue weighted by Crippen LogP contribution is 2.37. The Morgan fingerprint density at radius 1 is 0.698 bits per heavy atom. The topological polar surface area (TPSA) is 64.6 Å². The van der Waals surface area contributed by atoms with Crippen LogP contribution in [-0.2, 0) is 34.9 Å². The molecule has 0 aliphatic carbocycles. The highest BCUT2D eigenvalue weighted by atomic mass is 19.4. The number of nitrogens with one attached hydrogen (secondary N) is 1. The molecular weight excluding hydrogens is 576 g/mol. The number of Topliss-reactive ketones (excluding diaryl/α,β-unsaturated/α-hetero) is 1. The lowest BCUT2D eigenvalue weighted by atomic mass is 10.0. The molecule has 1 amide bonds. The van der Waals surface area contributed by atoms with Gasteiger partial charge in [0.1, 0.15) is 17.5 Å². The van der Waals surface area contributed by atoms with E-state index in [1.54, 1.807) is 78.9 Å². The third-order valence-electron chi connectivity index (χ3n) is 6.27. The van der Waals surface area contributed by atoms with Gasteiger partial charge in [-0.25, -0.2) is 0 Å². The van der Waals surface area contributed by atoms with E-state index in [1.165, 1.54) is 0 Å². The lowest BCUT2D eigenvalue weighted by Gasteiger charge is -2.20. The summed E-state index contributed by atoms with van der Waals surface area (Å²) in [5.41, 5.74) is -3.11. The molecule has 0 aliphatic rings. The third-order valence-corrected chi connectivity index (χ3v) is 6.27. The molecule has 4 aromatic rings. The van der Waals surface area contributed by atoms with Crippen LogP contribution >= 0.6 is 0 Å². The number of carbonyl (C=O) groups is 2. The van der Waals surface area contributed by atoms with Crippen molar-refractivity contribution < 1.29 is 45.4 Å². The van der Waals surface area contributed by atoms with Crippen LogP contribution in [0.3, 0.4) is 0 Å². The van der Waals surface area contributed by atoms with Crippen LogP contribution in [0.2, 0.25) is 0 Å². The van der Waals surface area contributed by atoms with Gasteiger partial charge in [-0.15, -0.1) is 0 Å². The first-order chi connectivity index (χ1) is 20.4. The number of ether oxygens (including phenoxy) is 2. The molecule has 0 saturated heterocycles. The summed E-state index contributed by atoms with van der Waals surface area (Å²) >= 11 is 0. The third kappa shape index (κ3) is 8.92. The molecule has 0 bridgehead atoms. The van der Waals surface area contributed by atoms with Crippen LogP contribution in [0.1, 0.15) is 32.6 Å². The summed E-state index contributed by atoms with van der Waals surface area (Å²) in [5, 5.41) is 2.23. The van der Waals surface area contributed by atoms with Gasteiger partial charge in [-0.05, 0) is 53.6 Å². The minimum absolute atomic E-state index is 0.0418. The van der Waals surface area contributed by atoms with Gasteiger partial charge in [0.25, 0.3) is 5.91 Å². The number of carbonyl (C=O) groups excluding carboxylic acids is 2. The molecule has 4 rings (SSSR count). The zero-order valence-corrected chi connectivity index (χ0v) is 22.4. The quantitative estimate of drug-likeness (QED) is 0.180. The molecule has 4 aromatic carbocycles. The molecule has 5 nitrogen and oxygen atoms in total. The number of benzene rings is 4. The van der Waals surface area contributed by atoms with E-state index < -0.39 is 53.4 Å². The van der Waals surface area contributed by atoms with Crippen LogP contribution in [0.25, 0.3) is 0 Å². The van der Waals surface area contributed by atoms with Crippen molar-refractivity contribution in [2.45, 2.75) is 31.4 Å². The average Bonchev–Trinajstić information content (AvgIpc) is 2.97. The van der Waals surface area contributed by atoms with Gasteiger partial charge in [0, 0.05) is 6.42 Å². The van der Waals surface area contributed by atoms with E-state index in [-0.39, 0.29) is 19.1 Å². The molecule has 1 atom stereocenters. The number of ketones is 1. The molecule has 0 fully saturated rings. The summed E-state index contributed by atoms with van der Waals surface area (Å²) in [6, 6.07) is 23.6. The largest absolute Gasteiger partial charge is 0.457 e. The van der Waals surface area contributed by atoms with Gasteiger partial charge in [-0.1, -0.05) is 60.7 Å². The summed E-state index contributed by atoms with van der Waals surface area (Å²) in [6.45, 7) is -0.350. The summed E-state index contributed by atoms with van der Waals surface area (Å²) in [7, 11) is 0. The monoisotopic (exact) mass is 601 g/mol. The number of hydrogen-bond donors (Lipinski definition) is 1. The Labute approximate surface area is 243 Å². The summed E-state index contributed by atoms with van der Waals surface area (Å²) < 4.78 is 91.6. The van der Waals surface area contributed by atoms with Gasteiger partial charge in [-0.2, -0.15) is 26.3 Å². The summed E-state index contributed by atoms with van der Waals surface area (Å²) in [6.07, 6.45) is -10.5. The number of halogens is 6. The summed E-state index contributed by atoms with van der Waals surface area (Å²) in [4.78, 5) is 26.2. The fourth-order valence-corrected chi connectivity index (χ4v) is 4.10. The maximum absolute atomic E-state index is 13.7. The second kappa shape index (κ2) is 13.6. The molecule has 1 N–H and O–H groups in total. The first-order valence-corrected chi connectivity index (χ1v) is 13.0. The lowest BCUT2D eigenvalue weighted by Crippen LogP contribution is -2.45. The zero-order valence-electron chi connectivity index (χ0n) is 22.4. The second-order valence-electron chi connectivity index (χ2n) is 9.48. The molecule has 0 aromatic heterocycles. The van der Waals surface area contributed by atoms with Gasteiger partial charge < -0.3 is 14.8 Å². The predicted octanol–water partition coefficient (Wildman–Crippen LogP) is 7.64. The number of rotatable bonds is 11. The molecule has 0 radical (unpaired) electrons. The van der Waals surface area contributed by atoms with Crippen LogP contribution in [0.5, 0.6) is 11.5 Å². The standard InChI is InChI=1S/C32H25F6NO4/c33-31(34,35)23-13-16-26(27(18-23)32(36,37)38)30(41)39-28(20-42-19-22-7-3-1-4-8-22)29(40)17-21-11-14-25(15-12-21)43-24-9-5-2-6-10-24/h1-16,18,28H,17,19-20H2,(H,39,41). The molecule has 224 valence electrons. The number of amides is 1. The van der Waals surface area contributed by atoms with Crippen molar-refractivity contribution >= 4 is 11.7 Å². The molecule has 0 spiro atoms. The van der Waals surface area contributed by atoms with Gasteiger partial charge in [0.2, 0.25) is 0 Å². The molecule has 1 unspecified atom stereocenters. The minimum Gasteiger partial charge on any atom is -0.457 e. The molecular formula is C32H25F6NO4. The zero-order chi connectivity index (χ0) is 31.0. The number of para-hydroxylation sites is 1. The molecule has 0 aliphatic heterocycles. The summed E-state index contributed by atoms with van der Waals surface area (Å²) in [5.74, 6) is -0.848. The normalized spacial score (nSPS) is 12.4.